The zero-order valence-corrected chi connectivity index (χ0v) is 26.6. The van der Waals surface area contributed by atoms with Gasteiger partial charge in [0, 0.05) is 83.6 Å². The van der Waals surface area contributed by atoms with Crippen molar-refractivity contribution >= 4 is 52.2 Å². The minimum atomic E-state index is -0.467. The number of piperazine rings is 1. The molecule has 244 valence electrons. The van der Waals surface area contributed by atoms with E-state index in [9.17, 15) is 14.4 Å². The minimum Gasteiger partial charge on any atom is -0.368 e. The zero-order valence-electron chi connectivity index (χ0n) is 26.6. The topological polar surface area (TPSA) is 158 Å². The first-order chi connectivity index (χ1) is 22.8. The van der Waals surface area contributed by atoms with Gasteiger partial charge in [0.15, 0.2) is 5.82 Å². The molecule has 4 aromatic heterocycles. The fourth-order valence-electron chi connectivity index (χ4n) is 6.53. The van der Waals surface area contributed by atoms with Crippen molar-refractivity contribution in [2.75, 3.05) is 61.9 Å². The smallest absolute Gasteiger partial charge is 0.329 e. The van der Waals surface area contributed by atoms with Gasteiger partial charge in [-0.2, -0.15) is 4.98 Å². The standard InChI is InChI=1S/C32H38N12O3/c1-40(2)30(46)25-15-21-16-35-31(39-29(21)44(25)23-5-3-4-6-23)37-26-8-7-24(18-34-26)42-13-11-41(12-14-42)20-22-17-33-19-27(36-22)43-10-9-28(45)38-32(43)47/h7-8,15-19,23H,3-6,9-14,20H2,1-2H3,(H,38,45,47)(H,34,35,37,39). The molecule has 15 nitrogen and oxygen atoms in total. The molecule has 6 heterocycles. The van der Waals surface area contributed by atoms with Gasteiger partial charge in [0.2, 0.25) is 11.9 Å². The van der Waals surface area contributed by atoms with Crippen molar-refractivity contribution in [2.45, 2.75) is 44.7 Å². The Labute approximate surface area is 272 Å². The van der Waals surface area contributed by atoms with Gasteiger partial charge >= 0.3 is 6.03 Å². The highest BCUT2D eigenvalue weighted by atomic mass is 16.2. The van der Waals surface area contributed by atoms with Gasteiger partial charge in [0.25, 0.3) is 5.91 Å². The molecule has 47 heavy (non-hydrogen) atoms. The summed E-state index contributed by atoms with van der Waals surface area (Å²) in [6.07, 6.45) is 11.5. The zero-order chi connectivity index (χ0) is 32.5. The highest BCUT2D eigenvalue weighted by Crippen LogP contribution is 2.35. The van der Waals surface area contributed by atoms with E-state index in [1.165, 1.54) is 4.90 Å². The number of carbonyl (C=O) groups is 3. The average Bonchev–Trinajstić information content (AvgIpc) is 3.73. The Kier molecular flexibility index (Phi) is 8.37. The highest BCUT2D eigenvalue weighted by Gasteiger charge is 2.28. The fraction of sp³-hybridized carbons (Fsp3) is 0.438. The Morgan fingerprint density at radius 2 is 1.79 bits per heavy atom. The number of urea groups is 1. The summed E-state index contributed by atoms with van der Waals surface area (Å²) in [6, 6.07) is 5.66. The number of hydrogen-bond acceptors (Lipinski definition) is 11. The summed E-state index contributed by atoms with van der Waals surface area (Å²) in [5, 5.41) is 6.42. The van der Waals surface area contributed by atoms with Crippen LogP contribution in [0.4, 0.5) is 28.1 Å². The maximum atomic E-state index is 13.0. The van der Waals surface area contributed by atoms with E-state index in [4.69, 9.17) is 4.98 Å². The molecule has 15 heteroatoms. The van der Waals surface area contributed by atoms with Gasteiger partial charge in [-0.05, 0) is 31.0 Å². The second kappa shape index (κ2) is 12.9. The van der Waals surface area contributed by atoms with Crippen molar-refractivity contribution in [3.8, 4) is 0 Å². The van der Waals surface area contributed by atoms with Gasteiger partial charge in [0.05, 0.1) is 23.8 Å². The Morgan fingerprint density at radius 3 is 2.51 bits per heavy atom. The molecule has 0 bridgehead atoms. The van der Waals surface area contributed by atoms with E-state index in [0.29, 0.717) is 36.4 Å². The van der Waals surface area contributed by atoms with Gasteiger partial charge in [-0.3, -0.25) is 29.7 Å². The second-order valence-electron chi connectivity index (χ2n) is 12.4. The van der Waals surface area contributed by atoms with Crippen molar-refractivity contribution in [1.29, 1.82) is 0 Å². The Hall–Kier alpha value is -5.18. The third-order valence-corrected chi connectivity index (χ3v) is 9.00. The first kappa shape index (κ1) is 30.5. The molecule has 3 aliphatic rings. The molecule has 0 spiro atoms. The summed E-state index contributed by atoms with van der Waals surface area (Å²) >= 11 is 0. The number of carbonyl (C=O) groups excluding carboxylic acids is 3. The molecule has 7 rings (SSSR count). The summed E-state index contributed by atoms with van der Waals surface area (Å²) in [7, 11) is 3.54. The molecule has 1 saturated carbocycles. The number of anilines is 4. The molecule has 0 aromatic carbocycles. The van der Waals surface area contributed by atoms with Crippen molar-refractivity contribution in [1.82, 2.24) is 44.6 Å². The van der Waals surface area contributed by atoms with Crippen LogP contribution >= 0.6 is 0 Å². The molecular weight excluding hydrogens is 600 g/mol. The predicted octanol–water partition coefficient (Wildman–Crippen LogP) is 2.95. The molecule has 4 amide bonds. The number of nitrogens with zero attached hydrogens (tertiary/aromatic N) is 10. The normalized spacial score (nSPS) is 17.7. The Morgan fingerprint density at radius 1 is 0.979 bits per heavy atom. The summed E-state index contributed by atoms with van der Waals surface area (Å²) in [5.41, 5.74) is 3.22. The van der Waals surface area contributed by atoms with Gasteiger partial charge < -0.3 is 19.7 Å². The van der Waals surface area contributed by atoms with Crippen molar-refractivity contribution in [3.63, 3.8) is 0 Å². The molecule has 0 unspecified atom stereocenters. The SMILES string of the molecule is CN(C)C(=O)c1cc2cnc(Nc3ccc(N4CCN(Cc5cncc(N6CCC(=O)NC6=O)n5)CC4)cn3)nc2n1C1CCCC1. The van der Waals surface area contributed by atoms with Crippen molar-refractivity contribution < 1.29 is 14.4 Å². The summed E-state index contributed by atoms with van der Waals surface area (Å²) < 4.78 is 2.10. The van der Waals surface area contributed by atoms with Crippen LogP contribution < -0.4 is 20.4 Å². The monoisotopic (exact) mass is 638 g/mol. The number of hydrogen-bond donors (Lipinski definition) is 2. The van der Waals surface area contributed by atoms with Crippen LogP contribution in [0.5, 0.6) is 0 Å². The van der Waals surface area contributed by atoms with Crippen LogP contribution in [-0.2, 0) is 11.3 Å². The average molecular weight is 639 g/mol. The van der Waals surface area contributed by atoms with E-state index in [0.717, 1.165) is 74.3 Å². The van der Waals surface area contributed by atoms with Crippen LogP contribution in [0.25, 0.3) is 11.0 Å². The van der Waals surface area contributed by atoms with E-state index < -0.39 is 6.03 Å². The van der Waals surface area contributed by atoms with Crippen LogP contribution in [0.2, 0.25) is 0 Å². The van der Waals surface area contributed by atoms with Crippen LogP contribution in [0.15, 0.2) is 43.0 Å². The lowest BCUT2D eigenvalue weighted by molar-refractivity contribution is -0.120. The molecule has 0 atom stereocenters. The van der Waals surface area contributed by atoms with Crippen LogP contribution in [0.1, 0.15) is 54.3 Å². The minimum absolute atomic E-state index is 0.0339. The first-order valence-electron chi connectivity index (χ1n) is 16.0. The lowest BCUT2D eigenvalue weighted by Gasteiger charge is -2.35. The summed E-state index contributed by atoms with van der Waals surface area (Å²) in [5.74, 6) is 1.21. The molecule has 4 aromatic rings. The fourth-order valence-corrected chi connectivity index (χ4v) is 6.53. The molecule has 2 N–H and O–H groups in total. The molecule has 2 aliphatic heterocycles. The maximum absolute atomic E-state index is 13.0. The maximum Gasteiger partial charge on any atom is 0.329 e. The lowest BCUT2D eigenvalue weighted by Crippen LogP contribution is -2.50. The number of fused-ring (bicyclic) bond motifs is 1. The van der Waals surface area contributed by atoms with E-state index in [1.54, 1.807) is 37.6 Å². The largest absolute Gasteiger partial charge is 0.368 e. The van der Waals surface area contributed by atoms with Crippen molar-refractivity contribution in [3.05, 3.63) is 54.4 Å². The van der Waals surface area contributed by atoms with Gasteiger partial charge in [-0.15, -0.1) is 0 Å². The number of nitrogens with one attached hydrogen (secondary N) is 2. The van der Waals surface area contributed by atoms with E-state index in [-0.39, 0.29) is 24.3 Å². The van der Waals surface area contributed by atoms with Gasteiger partial charge in [-0.25, -0.2) is 19.7 Å². The second-order valence-corrected chi connectivity index (χ2v) is 12.4. The number of amides is 4. The molecule has 1 aliphatic carbocycles. The Balaban J connectivity index is 0.976. The lowest BCUT2D eigenvalue weighted by atomic mass is 10.2. The number of aromatic nitrogens is 6. The molecule has 2 saturated heterocycles. The van der Waals surface area contributed by atoms with Crippen LogP contribution in [-0.4, -0.2) is 104 Å². The number of rotatable bonds is 8. The molecule has 3 fully saturated rings. The van der Waals surface area contributed by atoms with Crippen LogP contribution in [0.3, 0.4) is 0 Å². The third kappa shape index (κ3) is 6.43. The Bertz CT molecular complexity index is 1790. The van der Waals surface area contributed by atoms with E-state index in [2.05, 4.69) is 44.9 Å². The van der Waals surface area contributed by atoms with Gasteiger partial charge in [-0.1, -0.05) is 12.8 Å². The van der Waals surface area contributed by atoms with Crippen LogP contribution in [0, 0.1) is 0 Å². The quantitative estimate of drug-likeness (QED) is 0.292. The van der Waals surface area contributed by atoms with E-state index in [1.807, 2.05) is 24.4 Å². The number of pyridine rings is 1. The molecule has 0 radical (unpaired) electrons. The predicted molar refractivity (Wildman–Crippen MR) is 176 cm³/mol. The highest BCUT2D eigenvalue weighted by molar-refractivity contribution is 6.05. The third-order valence-electron chi connectivity index (χ3n) is 9.00. The number of imide groups is 1. The van der Waals surface area contributed by atoms with E-state index >= 15 is 0 Å². The van der Waals surface area contributed by atoms with Crippen molar-refractivity contribution in [2.24, 2.45) is 0 Å². The van der Waals surface area contributed by atoms with Gasteiger partial charge in [0.1, 0.15) is 17.2 Å². The summed E-state index contributed by atoms with van der Waals surface area (Å²) in [4.78, 5) is 67.3. The molecular formula is C32H38N12O3. The summed E-state index contributed by atoms with van der Waals surface area (Å²) in [6.45, 7) is 4.22. The first-order valence-corrected chi connectivity index (χ1v) is 16.0.